The zero-order valence-corrected chi connectivity index (χ0v) is 11.1. The van der Waals surface area contributed by atoms with Crippen LogP contribution in [0, 0.1) is 0 Å². The summed E-state index contributed by atoms with van der Waals surface area (Å²) in [6, 6.07) is 11.8. The van der Waals surface area contributed by atoms with Gasteiger partial charge >= 0.3 is 5.97 Å². The molecule has 1 aromatic heterocycles. The van der Waals surface area contributed by atoms with Gasteiger partial charge in [0.05, 0.1) is 11.9 Å². The van der Waals surface area contributed by atoms with Crippen molar-refractivity contribution >= 4 is 17.3 Å². The van der Waals surface area contributed by atoms with Gasteiger partial charge in [-0.1, -0.05) is 18.2 Å². The highest BCUT2D eigenvalue weighted by atomic mass is 16.4. The SMILES string of the molecule is O=C(O)c1ccc(N2CCCCc3ccccc32)cn1. The average molecular weight is 268 g/mol. The second-order valence-electron chi connectivity index (χ2n) is 4.94. The third-order valence-electron chi connectivity index (χ3n) is 3.64. The number of pyridine rings is 1. The van der Waals surface area contributed by atoms with E-state index in [1.165, 1.54) is 17.7 Å². The van der Waals surface area contributed by atoms with Crippen molar-refractivity contribution in [1.82, 2.24) is 4.98 Å². The van der Waals surface area contributed by atoms with Crippen LogP contribution in [-0.2, 0) is 6.42 Å². The van der Waals surface area contributed by atoms with Gasteiger partial charge in [-0.15, -0.1) is 0 Å². The molecule has 4 nitrogen and oxygen atoms in total. The summed E-state index contributed by atoms with van der Waals surface area (Å²) in [6.07, 6.45) is 5.03. The van der Waals surface area contributed by atoms with E-state index < -0.39 is 5.97 Å². The fourth-order valence-electron chi connectivity index (χ4n) is 2.63. The third kappa shape index (κ3) is 2.37. The van der Waals surface area contributed by atoms with E-state index in [0.717, 1.165) is 25.1 Å². The Morgan fingerprint density at radius 2 is 2.00 bits per heavy atom. The maximum absolute atomic E-state index is 10.9. The predicted molar refractivity (Wildman–Crippen MR) is 77.6 cm³/mol. The largest absolute Gasteiger partial charge is 0.477 e. The summed E-state index contributed by atoms with van der Waals surface area (Å²) in [6.45, 7) is 0.936. The minimum absolute atomic E-state index is 0.0804. The van der Waals surface area contributed by atoms with E-state index in [0.29, 0.717) is 0 Å². The molecule has 102 valence electrons. The molecule has 0 radical (unpaired) electrons. The molecular weight excluding hydrogens is 252 g/mol. The number of aromatic nitrogens is 1. The van der Waals surface area contributed by atoms with Crippen LogP contribution in [0.4, 0.5) is 11.4 Å². The number of aromatic carboxylic acids is 1. The molecule has 0 spiro atoms. The first-order chi connectivity index (χ1) is 9.75. The van der Waals surface area contributed by atoms with Crippen LogP contribution in [0.15, 0.2) is 42.6 Å². The van der Waals surface area contributed by atoms with Gasteiger partial charge in [0.25, 0.3) is 0 Å². The molecule has 0 saturated heterocycles. The van der Waals surface area contributed by atoms with E-state index in [4.69, 9.17) is 5.11 Å². The van der Waals surface area contributed by atoms with Gasteiger partial charge in [0, 0.05) is 12.2 Å². The summed E-state index contributed by atoms with van der Waals surface area (Å²) in [5, 5.41) is 8.91. The lowest BCUT2D eigenvalue weighted by molar-refractivity contribution is 0.0690. The Morgan fingerprint density at radius 1 is 1.15 bits per heavy atom. The monoisotopic (exact) mass is 268 g/mol. The Hall–Kier alpha value is -2.36. The van der Waals surface area contributed by atoms with Gasteiger partial charge in [0.2, 0.25) is 0 Å². The van der Waals surface area contributed by atoms with Crippen LogP contribution >= 0.6 is 0 Å². The van der Waals surface area contributed by atoms with E-state index in [2.05, 4.69) is 28.1 Å². The number of para-hydroxylation sites is 1. The van der Waals surface area contributed by atoms with Gasteiger partial charge in [0.1, 0.15) is 5.69 Å². The molecule has 0 aliphatic carbocycles. The van der Waals surface area contributed by atoms with Crippen molar-refractivity contribution in [2.75, 3.05) is 11.4 Å². The number of benzene rings is 1. The second-order valence-corrected chi connectivity index (χ2v) is 4.94. The highest BCUT2D eigenvalue weighted by molar-refractivity contribution is 5.85. The molecule has 0 bridgehead atoms. The van der Waals surface area contributed by atoms with E-state index in [-0.39, 0.29) is 5.69 Å². The zero-order valence-electron chi connectivity index (χ0n) is 11.1. The summed E-state index contributed by atoms with van der Waals surface area (Å²) in [4.78, 5) is 17.1. The Kier molecular flexibility index (Phi) is 3.37. The topological polar surface area (TPSA) is 53.4 Å². The van der Waals surface area contributed by atoms with Crippen LogP contribution < -0.4 is 4.90 Å². The minimum atomic E-state index is -0.993. The number of nitrogens with zero attached hydrogens (tertiary/aromatic N) is 2. The molecule has 0 fully saturated rings. The van der Waals surface area contributed by atoms with E-state index in [9.17, 15) is 4.79 Å². The second kappa shape index (κ2) is 5.33. The van der Waals surface area contributed by atoms with Crippen molar-refractivity contribution < 1.29 is 9.90 Å². The first kappa shape index (κ1) is 12.7. The molecule has 4 heteroatoms. The summed E-state index contributed by atoms with van der Waals surface area (Å²) >= 11 is 0. The van der Waals surface area contributed by atoms with Gasteiger partial charge < -0.3 is 10.0 Å². The van der Waals surface area contributed by atoms with Crippen LogP contribution in [-0.4, -0.2) is 22.6 Å². The summed E-state index contributed by atoms with van der Waals surface area (Å²) in [7, 11) is 0. The Labute approximate surface area is 117 Å². The number of hydrogen-bond donors (Lipinski definition) is 1. The van der Waals surface area contributed by atoms with Gasteiger partial charge in [-0.05, 0) is 43.0 Å². The van der Waals surface area contributed by atoms with Crippen LogP contribution in [0.2, 0.25) is 0 Å². The van der Waals surface area contributed by atoms with E-state index in [1.807, 2.05) is 12.1 Å². The van der Waals surface area contributed by atoms with Crippen molar-refractivity contribution in [2.45, 2.75) is 19.3 Å². The van der Waals surface area contributed by atoms with Crippen molar-refractivity contribution in [3.05, 3.63) is 53.9 Å². The lowest BCUT2D eigenvalue weighted by atomic mass is 10.1. The Bertz CT molecular complexity index is 623. The first-order valence-electron chi connectivity index (χ1n) is 6.80. The molecule has 2 aromatic rings. The number of carboxylic acid groups (broad SMARTS) is 1. The van der Waals surface area contributed by atoms with E-state index >= 15 is 0 Å². The normalized spacial score (nSPS) is 14.5. The molecule has 0 amide bonds. The highest BCUT2D eigenvalue weighted by Gasteiger charge is 2.17. The molecule has 0 saturated carbocycles. The number of rotatable bonds is 2. The van der Waals surface area contributed by atoms with Gasteiger partial charge in [-0.3, -0.25) is 0 Å². The number of anilines is 2. The zero-order chi connectivity index (χ0) is 13.9. The summed E-state index contributed by atoms with van der Waals surface area (Å²) in [5.74, 6) is -0.993. The van der Waals surface area contributed by atoms with Crippen molar-refractivity contribution in [2.24, 2.45) is 0 Å². The van der Waals surface area contributed by atoms with Crippen molar-refractivity contribution in [3.63, 3.8) is 0 Å². The molecule has 20 heavy (non-hydrogen) atoms. The quantitative estimate of drug-likeness (QED) is 0.908. The van der Waals surface area contributed by atoms with Gasteiger partial charge in [-0.25, -0.2) is 9.78 Å². The lowest BCUT2D eigenvalue weighted by Gasteiger charge is -2.24. The predicted octanol–water partition coefficient (Wildman–Crippen LogP) is 3.25. The molecule has 1 aliphatic rings. The molecule has 2 heterocycles. The van der Waals surface area contributed by atoms with Crippen LogP contribution in [0.25, 0.3) is 0 Å². The molecule has 3 rings (SSSR count). The van der Waals surface area contributed by atoms with E-state index in [1.54, 1.807) is 12.3 Å². The fraction of sp³-hybridized carbons (Fsp3) is 0.250. The number of fused-ring (bicyclic) bond motifs is 1. The Balaban J connectivity index is 1.98. The van der Waals surface area contributed by atoms with Crippen molar-refractivity contribution in [3.8, 4) is 0 Å². The highest BCUT2D eigenvalue weighted by Crippen LogP contribution is 2.32. The molecular formula is C16H16N2O2. The molecule has 1 N–H and O–H groups in total. The minimum Gasteiger partial charge on any atom is -0.477 e. The maximum atomic E-state index is 10.9. The number of aryl methyl sites for hydroxylation is 1. The van der Waals surface area contributed by atoms with Gasteiger partial charge in [-0.2, -0.15) is 0 Å². The summed E-state index contributed by atoms with van der Waals surface area (Å²) < 4.78 is 0. The molecule has 0 unspecified atom stereocenters. The fourth-order valence-corrected chi connectivity index (χ4v) is 2.63. The average Bonchev–Trinajstić information content (AvgIpc) is 2.69. The first-order valence-corrected chi connectivity index (χ1v) is 6.80. The maximum Gasteiger partial charge on any atom is 0.354 e. The van der Waals surface area contributed by atoms with Crippen LogP contribution in [0.5, 0.6) is 0 Å². The number of carboxylic acids is 1. The smallest absolute Gasteiger partial charge is 0.354 e. The van der Waals surface area contributed by atoms with Crippen LogP contribution in [0.3, 0.4) is 0 Å². The number of carbonyl (C=O) groups is 1. The third-order valence-corrected chi connectivity index (χ3v) is 3.64. The van der Waals surface area contributed by atoms with Gasteiger partial charge in [0.15, 0.2) is 0 Å². The molecule has 0 atom stereocenters. The number of hydrogen-bond acceptors (Lipinski definition) is 3. The van der Waals surface area contributed by atoms with Crippen LogP contribution in [0.1, 0.15) is 28.9 Å². The Morgan fingerprint density at radius 3 is 2.75 bits per heavy atom. The molecule has 1 aliphatic heterocycles. The lowest BCUT2D eigenvalue weighted by Crippen LogP contribution is -2.18. The standard InChI is InChI=1S/C16H16N2O2/c19-16(20)14-9-8-13(11-17-14)18-10-4-3-6-12-5-1-2-7-15(12)18/h1-2,5,7-9,11H,3-4,6,10H2,(H,19,20). The summed E-state index contributed by atoms with van der Waals surface area (Å²) in [5.41, 5.74) is 3.57. The molecule has 1 aromatic carbocycles. The van der Waals surface area contributed by atoms with Crippen molar-refractivity contribution in [1.29, 1.82) is 0 Å².